The van der Waals surface area contributed by atoms with E-state index in [4.69, 9.17) is 0 Å². The third-order valence-corrected chi connectivity index (χ3v) is 3.63. The summed E-state index contributed by atoms with van der Waals surface area (Å²) in [5.41, 5.74) is -0.506. The first-order chi connectivity index (χ1) is 8.18. The number of hydrogen-bond acceptors (Lipinski definition) is 3. The summed E-state index contributed by atoms with van der Waals surface area (Å²) in [5, 5.41) is 3.26. The molecule has 0 saturated carbocycles. The van der Waals surface area contributed by atoms with Crippen LogP contribution in [0.1, 0.15) is 20.3 Å². The Morgan fingerprint density at radius 1 is 1.47 bits per heavy atom. The third-order valence-electron chi connectivity index (χ3n) is 3.63. The minimum atomic E-state index is -0.506. The molecule has 1 aliphatic rings. The lowest BCUT2D eigenvalue weighted by Gasteiger charge is -2.36. The Bertz CT molecular complexity index is 370. The van der Waals surface area contributed by atoms with Crippen molar-refractivity contribution in [1.29, 1.82) is 0 Å². The molecule has 5 nitrogen and oxygen atoms in total. The van der Waals surface area contributed by atoms with Gasteiger partial charge in [-0.1, -0.05) is 6.92 Å². The minimum absolute atomic E-state index is 0.194. The molecule has 1 atom stereocenters. The number of nitrogens with one attached hydrogen (secondary N) is 1. The second-order valence-electron chi connectivity index (χ2n) is 4.64. The van der Waals surface area contributed by atoms with Gasteiger partial charge in [-0.25, -0.2) is 4.98 Å². The fourth-order valence-electron chi connectivity index (χ4n) is 2.20. The maximum absolute atomic E-state index is 12.6. The second kappa shape index (κ2) is 4.87. The molecule has 0 bridgehead atoms. The molecule has 2 rings (SSSR count). The highest BCUT2D eigenvalue weighted by Crippen LogP contribution is 2.23. The van der Waals surface area contributed by atoms with Crippen molar-refractivity contribution in [3.63, 3.8) is 0 Å². The molecule has 1 unspecified atom stereocenters. The van der Waals surface area contributed by atoms with Gasteiger partial charge in [0.2, 0.25) is 5.91 Å². The average molecular weight is 236 g/mol. The van der Waals surface area contributed by atoms with Gasteiger partial charge in [0.05, 0.1) is 6.33 Å². The van der Waals surface area contributed by atoms with E-state index in [1.165, 1.54) is 0 Å². The molecule has 1 N–H and O–H groups in total. The molecule has 0 radical (unpaired) electrons. The molecular weight excluding hydrogens is 216 g/mol. The summed E-state index contributed by atoms with van der Waals surface area (Å²) in [6.07, 6.45) is 6.08. The lowest BCUT2D eigenvalue weighted by molar-refractivity contribution is -0.141. The van der Waals surface area contributed by atoms with Crippen molar-refractivity contribution in [3.8, 4) is 0 Å². The van der Waals surface area contributed by atoms with Crippen LogP contribution in [0.2, 0.25) is 0 Å². The van der Waals surface area contributed by atoms with Gasteiger partial charge < -0.3 is 14.8 Å². The van der Waals surface area contributed by atoms with Crippen molar-refractivity contribution < 1.29 is 4.79 Å². The summed E-state index contributed by atoms with van der Waals surface area (Å²) in [5.74, 6) is 0.194. The predicted molar refractivity (Wildman–Crippen MR) is 65.6 cm³/mol. The Labute approximate surface area is 102 Å². The van der Waals surface area contributed by atoms with Crippen LogP contribution in [-0.4, -0.2) is 46.5 Å². The number of amides is 1. The van der Waals surface area contributed by atoms with E-state index >= 15 is 0 Å². The summed E-state index contributed by atoms with van der Waals surface area (Å²) < 4.78 is 1.91. The summed E-state index contributed by atoms with van der Waals surface area (Å²) in [7, 11) is 0. The zero-order valence-corrected chi connectivity index (χ0v) is 10.5. The van der Waals surface area contributed by atoms with Gasteiger partial charge in [0.15, 0.2) is 0 Å². The molecule has 0 aliphatic carbocycles. The van der Waals surface area contributed by atoms with Crippen molar-refractivity contribution in [2.24, 2.45) is 0 Å². The van der Waals surface area contributed by atoms with Gasteiger partial charge >= 0.3 is 0 Å². The van der Waals surface area contributed by atoms with Crippen LogP contribution in [0.4, 0.5) is 0 Å². The van der Waals surface area contributed by atoms with Crippen LogP contribution in [0, 0.1) is 0 Å². The Hall–Kier alpha value is -1.36. The van der Waals surface area contributed by atoms with Gasteiger partial charge in [-0.15, -0.1) is 0 Å². The monoisotopic (exact) mass is 236 g/mol. The highest BCUT2D eigenvalue weighted by Gasteiger charge is 2.36. The minimum Gasteiger partial charge on any atom is -0.338 e. The van der Waals surface area contributed by atoms with Crippen molar-refractivity contribution in [2.45, 2.75) is 25.8 Å². The number of hydrogen-bond donors (Lipinski definition) is 1. The Morgan fingerprint density at radius 3 is 2.71 bits per heavy atom. The van der Waals surface area contributed by atoms with Crippen LogP contribution >= 0.6 is 0 Å². The number of rotatable bonds is 3. The second-order valence-corrected chi connectivity index (χ2v) is 4.64. The zero-order valence-electron chi connectivity index (χ0n) is 10.5. The molecule has 0 spiro atoms. The van der Waals surface area contributed by atoms with Gasteiger partial charge in [-0.05, 0) is 13.3 Å². The normalized spacial score (nSPS) is 20.0. The maximum atomic E-state index is 12.6. The van der Waals surface area contributed by atoms with E-state index in [2.05, 4.69) is 10.3 Å². The standard InChI is InChI=1S/C12H20N4O/c1-3-12(2,16-9-6-14-10-16)11(17)15-7-4-13-5-8-15/h6,9-10,13H,3-5,7-8H2,1-2H3. The van der Waals surface area contributed by atoms with Gasteiger partial charge in [0.1, 0.15) is 5.54 Å². The summed E-state index contributed by atoms with van der Waals surface area (Å²) >= 11 is 0. The molecule has 1 amide bonds. The molecular formula is C12H20N4O. The van der Waals surface area contributed by atoms with Gasteiger partial charge in [0, 0.05) is 38.6 Å². The zero-order chi connectivity index (χ0) is 12.3. The summed E-state index contributed by atoms with van der Waals surface area (Å²) in [6, 6.07) is 0. The molecule has 1 fully saturated rings. The molecule has 1 saturated heterocycles. The number of carbonyl (C=O) groups excluding carboxylic acids is 1. The molecule has 0 aromatic carbocycles. The van der Waals surface area contributed by atoms with E-state index in [0.717, 1.165) is 32.6 Å². The molecule has 94 valence electrons. The van der Waals surface area contributed by atoms with Gasteiger partial charge in [0.25, 0.3) is 0 Å². The Morgan fingerprint density at radius 2 is 2.18 bits per heavy atom. The first kappa shape index (κ1) is 12.1. The smallest absolute Gasteiger partial charge is 0.248 e. The highest BCUT2D eigenvalue weighted by molar-refractivity contribution is 5.84. The fourth-order valence-corrected chi connectivity index (χ4v) is 2.20. The van der Waals surface area contributed by atoms with Crippen molar-refractivity contribution in [1.82, 2.24) is 19.8 Å². The van der Waals surface area contributed by atoms with Crippen LogP contribution in [-0.2, 0) is 10.3 Å². The largest absolute Gasteiger partial charge is 0.338 e. The van der Waals surface area contributed by atoms with E-state index in [9.17, 15) is 4.79 Å². The molecule has 5 heteroatoms. The first-order valence-corrected chi connectivity index (χ1v) is 6.17. The van der Waals surface area contributed by atoms with Gasteiger partial charge in [-0.2, -0.15) is 0 Å². The average Bonchev–Trinajstić information content (AvgIpc) is 2.92. The molecule has 2 heterocycles. The molecule has 1 aromatic heterocycles. The Balaban J connectivity index is 2.19. The van der Waals surface area contributed by atoms with E-state index in [1.54, 1.807) is 12.5 Å². The number of nitrogens with zero attached hydrogens (tertiary/aromatic N) is 3. The Kier molecular flexibility index (Phi) is 3.47. The predicted octanol–water partition coefficient (Wildman–Crippen LogP) is 0.440. The maximum Gasteiger partial charge on any atom is 0.248 e. The lowest BCUT2D eigenvalue weighted by atomic mass is 9.96. The van der Waals surface area contributed by atoms with Crippen molar-refractivity contribution >= 4 is 5.91 Å². The van der Waals surface area contributed by atoms with Crippen molar-refractivity contribution in [2.75, 3.05) is 26.2 Å². The fraction of sp³-hybridized carbons (Fsp3) is 0.667. The number of aromatic nitrogens is 2. The third kappa shape index (κ3) is 2.20. The summed E-state index contributed by atoms with van der Waals surface area (Å²) in [6.45, 7) is 7.39. The van der Waals surface area contributed by atoms with Crippen LogP contribution in [0.25, 0.3) is 0 Å². The van der Waals surface area contributed by atoms with E-state index in [-0.39, 0.29) is 5.91 Å². The number of piperazine rings is 1. The van der Waals surface area contributed by atoms with Gasteiger partial charge in [-0.3, -0.25) is 4.79 Å². The molecule has 1 aliphatic heterocycles. The molecule has 1 aromatic rings. The van der Waals surface area contributed by atoms with E-state index in [0.29, 0.717) is 0 Å². The molecule has 17 heavy (non-hydrogen) atoms. The lowest BCUT2D eigenvalue weighted by Crippen LogP contribution is -2.54. The first-order valence-electron chi connectivity index (χ1n) is 6.17. The quantitative estimate of drug-likeness (QED) is 0.828. The van der Waals surface area contributed by atoms with Crippen LogP contribution in [0.15, 0.2) is 18.7 Å². The van der Waals surface area contributed by atoms with Crippen molar-refractivity contribution in [3.05, 3.63) is 18.7 Å². The van der Waals surface area contributed by atoms with E-state index < -0.39 is 5.54 Å². The number of carbonyl (C=O) groups is 1. The van der Waals surface area contributed by atoms with Crippen LogP contribution in [0.3, 0.4) is 0 Å². The summed E-state index contributed by atoms with van der Waals surface area (Å²) in [4.78, 5) is 18.6. The van der Waals surface area contributed by atoms with E-state index in [1.807, 2.05) is 29.5 Å². The topological polar surface area (TPSA) is 50.2 Å². The van der Waals surface area contributed by atoms with Crippen LogP contribution < -0.4 is 5.32 Å². The number of imidazole rings is 1. The van der Waals surface area contributed by atoms with Crippen LogP contribution in [0.5, 0.6) is 0 Å². The highest BCUT2D eigenvalue weighted by atomic mass is 16.2. The SMILES string of the molecule is CCC(C)(C(=O)N1CCNCC1)n1ccnc1.